The third-order valence-corrected chi connectivity index (χ3v) is 4.55. The van der Waals surface area contributed by atoms with Crippen molar-refractivity contribution in [1.82, 2.24) is 9.97 Å². The summed E-state index contributed by atoms with van der Waals surface area (Å²) in [6.45, 7) is 4.25. The van der Waals surface area contributed by atoms with Crippen molar-refractivity contribution in [1.29, 1.82) is 0 Å². The lowest BCUT2D eigenvalue weighted by atomic mass is 10.1. The zero-order chi connectivity index (χ0) is 14.9. The van der Waals surface area contributed by atoms with E-state index in [2.05, 4.69) is 62.3 Å². The minimum Gasteiger partial charge on any atom is -0.383 e. The third kappa shape index (κ3) is 3.46. The maximum absolute atomic E-state index is 13.2. The number of halogens is 3. The smallest absolute Gasteiger partial charge is 0.162 e. The van der Waals surface area contributed by atoms with E-state index in [1.54, 1.807) is 6.07 Å². The molecule has 3 nitrogen and oxygen atoms in total. The van der Waals surface area contributed by atoms with Gasteiger partial charge in [-0.3, -0.25) is 0 Å². The van der Waals surface area contributed by atoms with Crippen LogP contribution in [0.4, 0.5) is 10.2 Å². The van der Waals surface area contributed by atoms with E-state index in [9.17, 15) is 4.39 Å². The quantitative estimate of drug-likeness (QED) is 0.705. The summed E-state index contributed by atoms with van der Waals surface area (Å²) in [6.07, 6.45) is 0.830. The number of nitrogens with two attached hydrogens (primary N) is 1. The maximum Gasteiger partial charge on any atom is 0.162 e. The molecule has 0 aliphatic rings. The molecular weight excluding hydrogens is 436 g/mol. The van der Waals surface area contributed by atoms with Crippen LogP contribution in [0.25, 0.3) is 11.4 Å². The highest BCUT2D eigenvalue weighted by atomic mass is 127. The van der Waals surface area contributed by atoms with Gasteiger partial charge < -0.3 is 5.73 Å². The average molecular weight is 450 g/mol. The second kappa shape index (κ2) is 6.34. The lowest BCUT2D eigenvalue weighted by Crippen LogP contribution is -2.07. The van der Waals surface area contributed by atoms with Gasteiger partial charge in [0.05, 0.1) is 9.26 Å². The summed E-state index contributed by atoms with van der Waals surface area (Å²) >= 11 is 5.51. The first-order chi connectivity index (χ1) is 9.38. The number of nitrogens with zero attached hydrogens (tertiary/aromatic N) is 2. The number of rotatable bonds is 3. The monoisotopic (exact) mass is 449 g/mol. The lowest BCUT2D eigenvalue weighted by molar-refractivity contribution is 0.627. The SMILES string of the molecule is CC(C)Cc1nc(-c2ccc(F)cc2Br)nc(N)c1I. The van der Waals surface area contributed by atoms with Gasteiger partial charge in [-0.05, 0) is 69.1 Å². The Labute approximate surface area is 139 Å². The second-order valence-corrected chi connectivity index (χ2v) is 6.85. The van der Waals surface area contributed by atoms with Gasteiger partial charge in [0.25, 0.3) is 0 Å². The van der Waals surface area contributed by atoms with E-state index in [4.69, 9.17) is 5.73 Å². The number of benzene rings is 1. The van der Waals surface area contributed by atoms with Crippen LogP contribution in [0.15, 0.2) is 22.7 Å². The van der Waals surface area contributed by atoms with Crippen molar-refractivity contribution in [2.45, 2.75) is 20.3 Å². The minimum atomic E-state index is -0.304. The molecule has 6 heteroatoms. The van der Waals surface area contributed by atoms with Crippen LogP contribution in [-0.2, 0) is 6.42 Å². The van der Waals surface area contributed by atoms with E-state index >= 15 is 0 Å². The van der Waals surface area contributed by atoms with Gasteiger partial charge >= 0.3 is 0 Å². The van der Waals surface area contributed by atoms with Crippen LogP contribution in [0.1, 0.15) is 19.5 Å². The van der Waals surface area contributed by atoms with Crippen molar-refractivity contribution in [3.63, 3.8) is 0 Å². The predicted molar refractivity (Wildman–Crippen MR) is 90.8 cm³/mol. The number of anilines is 1. The maximum atomic E-state index is 13.2. The summed E-state index contributed by atoms with van der Waals surface area (Å²) < 4.78 is 14.7. The van der Waals surface area contributed by atoms with E-state index in [0.29, 0.717) is 22.0 Å². The molecule has 0 saturated heterocycles. The molecule has 0 aliphatic carbocycles. The molecular formula is C14H14BrFIN3. The molecule has 0 fully saturated rings. The average Bonchev–Trinajstić information content (AvgIpc) is 2.34. The Morgan fingerprint density at radius 2 is 2.05 bits per heavy atom. The number of hydrogen-bond acceptors (Lipinski definition) is 3. The molecule has 0 bridgehead atoms. The topological polar surface area (TPSA) is 51.8 Å². The van der Waals surface area contributed by atoms with Gasteiger partial charge in [-0.2, -0.15) is 0 Å². The van der Waals surface area contributed by atoms with Crippen molar-refractivity contribution >= 4 is 44.3 Å². The van der Waals surface area contributed by atoms with Crippen molar-refractivity contribution in [3.05, 3.63) is 37.8 Å². The summed E-state index contributed by atoms with van der Waals surface area (Å²) in [4.78, 5) is 8.89. The molecule has 0 saturated carbocycles. The highest BCUT2D eigenvalue weighted by molar-refractivity contribution is 14.1. The Kier molecular flexibility index (Phi) is 4.95. The van der Waals surface area contributed by atoms with Gasteiger partial charge in [-0.25, -0.2) is 14.4 Å². The lowest BCUT2D eigenvalue weighted by Gasteiger charge is -2.11. The molecule has 2 N–H and O–H groups in total. The van der Waals surface area contributed by atoms with Gasteiger partial charge in [-0.15, -0.1) is 0 Å². The molecule has 2 aromatic rings. The van der Waals surface area contributed by atoms with Crippen LogP contribution < -0.4 is 5.73 Å². The van der Waals surface area contributed by atoms with Crippen molar-refractivity contribution in [2.24, 2.45) is 5.92 Å². The number of nitrogen functional groups attached to an aromatic ring is 1. The molecule has 1 heterocycles. The zero-order valence-corrected chi connectivity index (χ0v) is 14.9. The molecule has 0 spiro atoms. The fraction of sp³-hybridized carbons (Fsp3) is 0.286. The van der Waals surface area contributed by atoms with Crippen LogP contribution in [0.5, 0.6) is 0 Å². The minimum absolute atomic E-state index is 0.304. The van der Waals surface area contributed by atoms with Gasteiger partial charge in [-0.1, -0.05) is 13.8 Å². The third-order valence-electron chi connectivity index (χ3n) is 2.72. The fourth-order valence-electron chi connectivity index (χ4n) is 1.83. The molecule has 0 amide bonds. The van der Waals surface area contributed by atoms with E-state index < -0.39 is 0 Å². The molecule has 2 rings (SSSR count). The van der Waals surface area contributed by atoms with Gasteiger partial charge in [0.2, 0.25) is 0 Å². The zero-order valence-electron chi connectivity index (χ0n) is 11.1. The van der Waals surface area contributed by atoms with Crippen LogP contribution >= 0.6 is 38.5 Å². The molecule has 1 aromatic heterocycles. The summed E-state index contributed by atoms with van der Waals surface area (Å²) in [5.74, 6) is 1.15. The van der Waals surface area contributed by atoms with Gasteiger partial charge in [0, 0.05) is 10.0 Å². The largest absolute Gasteiger partial charge is 0.383 e. The molecule has 0 aliphatic heterocycles. The van der Waals surface area contributed by atoms with E-state index in [1.165, 1.54) is 12.1 Å². The van der Waals surface area contributed by atoms with Crippen LogP contribution in [0, 0.1) is 15.3 Å². The Morgan fingerprint density at radius 3 is 2.65 bits per heavy atom. The first-order valence-electron chi connectivity index (χ1n) is 6.15. The normalized spacial score (nSPS) is 11.1. The second-order valence-electron chi connectivity index (χ2n) is 4.92. The van der Waals surface area contributed by atoms with E-state index in [1.807, 2.05) is 0 Å². The van der Waals surface area contributed by atoms with Crippen molar-refractivity contribution in [2.75, 3.05) is 5.73 Å². The molecule has 106 valence electrons. The number of aromatic nitrogens is 2. The molecule has 0 atom stereocenters. The number of hydrogen-bond donors (Lipinski definition) is 1. The Balaban J connectivity index is 2.54. The van der Waals surface area contributed by atoms with Crippen molar-refractivity contribution < 1.29 is 4.39 Å². The molecule has 20 heavy (non-hydrogen) atoms. The standard InChI is InChI=1S/C14H14BrFIN3/c1-7(2)5-11-12(17)13(18)20-14(19-11)9-4-3-8(16)6-10(9)15/h3-4,6-7H,5H2,1-2H3,(H2,18,19,20). The van der Waals surface area contributed by atoms with E-state index in [-0.39, 0.29) is 5.82 Å². The molecule has 0 unspecified atom stereocenters. The first-order valence-corrected chi connectivity index (χ1v) is 8.03. The summed E-state index contributed by atoms with van der Waals surface area (Å²) in [5, 5.41) is 0. The fourth-order valence-corrected chi connectivity index (χ4v) is 2.82. The summed E-state index contributed by atoms with van der Waals surface area (Å²) in [6, 6.07) is 4.44. The Bertz CT molecular complexity index is 647. The highest BCUT2D eigenvalue weighted by Gasteiger charge is 2.14. The predicted octanol–water partition coefficient (Wildman–Crippen LogP) is 4.43. The first kappa shape index (κ1) is 15.6. The highest BCUT2D eigenvalue weighted by Crippen LogP contribution is 2.29. The Hall–Kier alpha value is -0.760. The van der Waals surface area contributed by atoms with Crippen LogP contribution in [0.2, 0.25) is 0 Å². The molecule has 1 aromatic carbocycles. The van der Waals surface area contributed by atoms with Crippen LogP contribution in [0.3, 0.4) is 0 Å². The van der Waals surface area contributed by atoms with Crippen molar-refractivity contribution in [3.8, 4) is 11.4 Å². The van der Waals surface area contributed by atoms with Crippen LogP contribution in [-0.4, -0.2) is 9.97 Å². The summed E-state index contributed by atoms with van der Waals surface area (Å²) in [7, 11) is 0. The van der Waals surface area contributed by atoms with E-state index in [0.717, 1.165) is 21.2 Å². The Morgan fingerprint density at radius 1 is 1.35 bits per heavy atom. The molecule has 0 radical (unpaired) electrons. The van der Waals surface area contributed by atoms with Gasteiger partial charge in [0.1, 0.15) is 11.6 Å². The van der Waals surface area contributed by atoms with Gasteiger partial charge in [0.15, 0.2) is 5.82 Å². The summed E-state index contributed by atoms with van der Waals surface area (Å²) in [5.41, 5.74) is 7.63.